The van der Waals surface area contributed by atoms with Crippen LogP contribution in [0, 0.1) is 0 Å². The Morgan fingerprint density at radius 3 is 2.88 bits per heavy atom. The third kappa shape index (κ3) is 3.66. The minimum atomic E-state index is 0.428. The molecule has 0 amide bonds. The summed E-state index contributed by atoms with van der Waals surface area (Å²) in [6, 6.07) is 2.58. The van der Waals surface area contributed by atoms with E-state index in [0.717, 1.165) is 17.6 Å². The van der Waals surface area contributed by atoms with Crippen molar-refractivity contribution < 1.29 is 0 Å². The number of hydrogen-bond donors (Lipinski definition) is 1. The Balaban J connectivity index is 1.81. The Morgan fingerprint density at radius 1 is 1.47 bits per heavy atom. The quantitative estimate of drug-likeness (QED) is 0.914. The molecule has 2 aromatic heterocycles. The summed E-state index contributed by atoms with van der Waals surface area (Å²) >= 11 is 5.22. The lowest BCUT2D eigenvalue weighted by Gasteiger charge is -2.03. The molecule has 17 heavy (non-hydrogen) atoms. The highest BCUT2D eigenvalue weighted by atomic mass is 79.9. The van der Waals surface area contributed by atoms with Gasteiger partial charge in [-0.3, -0.25) is 4.68 Å². The highest BCUT2D eigenvalue weighted by Crippen LogP contribution is 2.19. The molecular formula is C12H16BrN3S. The molecule has 1 N–H and O–H groups in total. The first-order valence-electron chi connectivity index (χ1n) is 5.62. The third-order valence-electron chi connectivity index (χ3n) is 2.43. The van der Waals surface area contributed by atoms with E-state index < -0.39 is 0 Å². The van der Waals surface area contributed by atoms with Crippen LogP contribution in [0.15, 0.2) is 28.3 Å². The summed E-state index contributed by atoms with van der Waals surface area (Å²) in [6.45, 7) is 6.03. The topological polar surface area (TPSA) is 29.9 Å². The number of nitrogens with one attached hydrogen (secondary N) is 1. The van der Waals surface area contributed by atoms with E-state index in [1.807, 2.05) is 10.9 Å². The van der Waals surface area contributed by atoms with Gasteiger partial charge < -0.3 is 5.32 Å². The number of nitrogens with zero attached hydrogens (tertiary/aromatic N) is 2. The largest absolute Gasteiger partial charge is 0.308 e. The summed E-state index contributed by atoms with van der Waals surface area (Å²) in [5.74, 6) is 0. The molecule has 0 atom stereocenters. The molecular weight excluding hydrogens is 298 g/mol. The monoisotopic (exact) mass is 313 g/mol. The zero-order valence-corrected chi connectivity index (χ0v) is 12.4. The van der Waals surface area contributed by atoms with E-state index in [1.54, 1.807) is 11.3 Å². The fourth-order valence-corrected chi connectivity index (χ4v) is 2.95. The number of halogens is 1. The molecule has 92 valence electrons. The lowest BCUT2D eigenvalue weighted by molar-refractivity contribution is 0.531. The van der Waals surface area contributed by atoms with Crippen molar-refractivity contribution in [1.82, 2.24) is 15.1 Å². The summed E-state index contributed by atoms with van der Waals surface area (Å²) < 4.78 is 3.14. The first-order valence-corrected chi connectivity index (χ1v) is 7.29. The normalized spacial score (nSPS) is 11.3. The zero-order valence-electron chi connectivity index (χ0n) is 9.98. The van der Waals surface area contributed by atoms with Gasteiger partial charge in [-0.25, -0.2) is 0 Å². The summed E-state index contributed by atoms with van der Waals surface area (Å²) in [4.78, 5) is 1.34. The first kappa shape index (κ1) is 12.8. The molecule has 0 aliphatic carbocycles. The number of thiophene rings is 1. The third-order valence-corrected chi connectivity index (χ3v) is 4.13. The Hall–Kier alpha value is -0.650. The maximum absolute atomic E-state index is 4.32. The van der Waals surface area contributed by atoms with Crippen LogP contribution in [0.3, 0.4) is 0 Å². The van der Waals surface area contributed by atoms with Crippen molar-refractivity contribution in [3.63, 3.8) is 0 Å². The molecule has 0 aromatic carbocycles. The number of aromatic nitrogens is 2. The van der Waals surface area contributed by atoms with E-state index in [1.165, 1.54) is 10.4 Å². The van der Waals surface area contributed by atoms with Gasteiger partial charge in [-0.15, -0.1) is 11.3 Å². The van der Waals surface area contributed by atoms with Gasteiger partial charge in [0.15, 0.2) is 0 Å². The Bertz CT molecular complexity index is 476. The standard InChI is InChI=1S/C12H16BrN3S/c1-9(2)16-7-10(5-15-16)4-14-6-12-3-11(13)8-17-12/h3,5,7-9,14H,4,6H2,1-2H3. The average Bonchev–Trinajstić information content (AvgIpc) is 2.88. The van der Waals surface area contributed by atoms with Gasteiger partial charge in [0.1, 0.15) is 0 Å². The van der Waals surface area contributed by atoms with Crippen molar-refractivity contribution in [3.8, 4) is 0 Å². The first-order chi connectivity index (χ1) is 8.15. The average molecular weight is 314 g/mol. The molecule has 0 spiro atoms. The second kappa shape index (κ2) is 5.80. The van der Waals surface area contributed by atoms with Gasteiger partial charge >= 0.3 is 0 Å². The van der Waals surface area contributed by atoms with Crippen LogP contribution in [-0.2, 0) is 13.1 Å². The molecule has 2 aromatic rings. The van der Waals surface area contributed by atoms with Crippen molar-refractivity contribution in [2.24, 2.45) is 0 Å². The molecule has 5 heteroatoms. The van der Waals surface area contributed by atoms with Crippen LogP contribution in [-0.4, -0.2) is 9.78 Å². The minimum Gasteiger partial charge on any atom is -0.308 e. The number of rotatable bonds is 5. The fraction of sp³-hybridized carbons (Fsp3) is 0.417. The second-order valence-electron chi connectivity index (χ2n) is 4.26. The summed E-state index contributed by atoms with van der Waals surface area (Å²) in [6.07, 6.45) is 4.03. The van der Waals surface area contributed by atoms with Gasteiger partial charge in [0.25, 0.3) is 0 Å². The van der Waals surface area contributed by atoms with Crippen LogP contribution in [0.2, 0.25) is 0 Å². The zero-order chi connectivity index (χ0) is 12.3. The fourth-order valence-electron chi connectivity index (χ4n) is 1.53. The maximum Gasteiger partial charge on any atom is 0.0534 e. The van der Waals surface area contributed by atoms with Crippen molar-refractivity contribution >= 4 is 27.3 Å². The van der Waals surface area contributed by atoms with Crippen molar-refractivity contribution in [3.05, 3.63) is 38.8 Å². The van der Waals surface area contributed by atoms with Crippen molar-refractivity contribution in [2.75, 3.05) is 0 Å². The summed E-state index contributed by atoms with van der Waals surface area (Å²) in [7, 11) is 0. The summed E-state index contributed by atoms with van der Waals surface area (Å²) in [5, 5.41) is 9.84. The molecule has 0 fully saturated rings. The molecule has 3 nitrogen and oxygen atoms in total. The van der Waals surface area contributed by atoms with E-state index in [2.05, 4.69) is 57.8 Å². The van der Waals surface area contributed by atoms with Crippen LogP contribution in [0.1, 0.15) is 30.3 Å². The SMILES string of the molecule is CC(C)n1cc(CNCc2cc(Br)cs2)cn1. The van der Waals surface area contributed by atoms with E-state index in [-0.39, 0.29) is 0 Å². The van der Waals surface area contributed by atoms with Gasteiger partial charge in [0.2, 0.25) is 0 Å². The van der Waals surface area contributed by atoms with Crippen LogP contribution < -0.4 is 5.32 Å². The highest BCUT2D eigenvalue weighted by Gasteiger charge is 2.02. The molecule has 0 saturated heterocycles. The van der Waals surface area contributed by atoms with Crippen LogP contribution in [0.4, 0.5) is 0 Å². The van der Waals surface area contributed by atoms with Gasteiger partial charge in [-0.2, -0.15) is 5.10 Å². The van der Waals surface area contributed by atoms with E-state index >= 15 is 0 Å². The molecule has 2 rings (SSSR count). The smallest absolute Gasteiger partial charge is 0.0534 e. The van der Waals surface area contributed by atoms with E-state index in [0.29, 0.717) is 6.04 Å². The molecule has 2 heterocycles. The molecule has 0 bridgehead atoms. The van der Waals surface area contributed by atoms with Gasteiger partial charge in [-0.05, 0) is 35.8 Å². The van der Waals surface area contributed by atoms with E-state index in [4.69, 9.17) is 0 Å². The highest BCUT2D eigenvalue weighted by molar-refractivity contribution is 9.10. The van der Waals surface area contributed by atoms with Crippen molar-refractivity contribution in [2.45, 2.75) is 33.0 Å². The number of hydrogen-bond acceptors (Lipinski definition) is 3. The van der Waals surface area contributed by atoms with Gasteiger partial charge in [-0.1, -0.05) is 0 Å². The molecule has 0 saturated carbocycles. The minimum absolute atomic E-state index is 0.428. The van der Waals surface area contributed by atoms with Crippen LogP contribution >= 0.6 is 27.3 Å². The lowest BCUT2D eigenvalue weighted by atomic mass is 10.3. The Morgan fingerprint density at radius 2 is 2.29 bits per heavy atom. The van der Waals surface area contributed by atoms with E-state index in [9.17, 15) is 0 Å². The molecule has 0 aliphatic rings. The predicted octanol–water partition coefficient (Wildman–Crippen LogP) is 3.58. The second-order valence-corrected chi connectivity index (χ2v) is 6.17. The van der Waals surface area contributed by atoms with Crippen LogP contribution in [0.5, 0.6) is 0 Å². The van der Waals surface area contributed by atoms with Gasteiger partial charge in [0.05, 0.1) is 6.20 Å². The lowest BCUT2D eigenvalue weighted by Crippen LogP contribution is -2.11. The van der Waals surface area contributed by atoms with Crippen molar-refractivity contribution in [1.29, 1.82) is 0 Å². The molecule has 0 aliphatic heterocycles. The Labute approximate surface area is 114 Å². The molecule has 0 radical (unpaired) electrons. The molecule has 0 unspecified atom stereocenters. The predicted molar refractivity (Wildman–Crippen MR) is 75.2 cm³/mol. The van der Waals surface area contributed by atoms with Crippen LogP contribution in [0.25, 0.3) is 0 Å². The maximum atomic E-state index is 4.32. The summed E-state index contributed by atoms with van der Waals surface area (Å²) in [5.41, 5.74) is 1.23. The van der Waals surface area contributed by atoms with Gasteiger partial charge in [0, 0.05) is 45.6 Å². The Kier molecular flexibility index (Phi) is 4.36.